The van der Waals surface area contributed by atoms with E-state index in [-0.39, 0.29) is 43.2 Å². The molecule has 0 bridgehead atoms. The molecule has 2 heterocycles. The first-order chi connectivity index (χ1) is 15.4. The van der Waals surface area contributed by atoms with E-state index in [2.05, 4.69) is 0 Å². The van der Waals surface area contributed by atoms with Crippen LogP contribution in [-0.4, -0.2) is 47.5 Å². The van der Waals surface area contributed by atoms with Crippen LogP contribution in [0.2, 0.25) is 0 Å². The number of nitriles is 1. The Morgan fingerprint density at radius 1 is 1.09 bits per heavy atom. The van der Waals surface area contributed by atoms with Gasteiger partial charge in [0.05, 0.1) is 23.8 Å². The van der Waals surface area contributed by atoms with Crippen molar-refractivity contribution in [2.24, 2.45) is 0 Å². The Hall–Kier alpha value is -3.38. The maximum absolute atomic E-state index is 14.5. The van der Waals surface area contributed by atoms with E-state index >= 15 is 0 Å². The summed E-state index contributed by atoms with van der Waals surface area (Å²) in [6, 6.07) is 8.34. The van der Waals surface area contributed by atoms with Gasteiger partial charge < -0.3 is 14.5 Å². The van der Waals surface area contributed by atoms with Crippen LogP contribution in [0.4, 0.5) is 13.2 Å². The lowest BCUT2D eigenvalue weighted by atomic mass is 10.0. The van der Waals surface area contributed by atoms with Crippen molar-refractivity contribution in [1.29, 1.82) is 5.26 Å². The van der Waals surface area contributed by atoms with Crippen molar-refractivity contribution in [3.05, 3.63) is 70.5 Å². The number of ether oxygens (including phenoxy) is 1. The van der Waals surface area contributed by atoms with Crippen molar-refractivity contribution in [3.8, 4) is 6.07 Å². The van der Waals surface area contributed by atoms with Crippen molar-refractivity contribution in [2.75, 3.05) is 19.7 Å². The number of fused-ring (bicyclic) bond motifs is 1. The Labute approximate surface area is 182 Å². The predicted octanol–water partition coefficient (Wildman–Crippen LogP) is 3.53. The van der Waals surface area contributed by atoms with Gasteiger partial charge in [0.15, 0.2) is 5.82 Å². The summed E-state index contributed by atoms with van der Waals surface area (Å²) in [4.78, 5) is 28.7. The van der Waals surface area contributed by atoms with Crippen molar-refractivity contribution in [2.45, 2.75) is 31.5 Å². The molecule has 2 amide bonds. The summed E-state index contributed by atoms with van der Waals surface area (Å²) in [6.07, 6.45) is 0.349. The first-order valence-corrected chi connectivity index (χ1v) is 10.3. The van der Waals surface area contributed by atoms with E-state index in [9.17, 15) is 22.8 Å². The molecule has 6 nitrogen and oxygen atoms in total. The third-order valence-corrected chi connectivity index (χ3v) is 5.79. The van der Waals surface area contributed by atoms with Gasteiger partial charge in [0.2, 0.25) is 5.91 Å². The second kappa shape index (κ2) is 9.01. The minimum absolute atomic E-state index is 0.0186. The Balaban J connectivity index is 1.55. The Morgan fingerprint density at radius 2 is 1.84 bits per heavy atom. The average Bonchev–Trinajstić information content (AvgIpc) is 3.20. The lowest BCUT2D eigenvalue weighted by Gasteiger charge is -2.30. The fourth-order valence-corrected chi connectivity index (χ4v) is 4.30. The zero-order chi connectivity index (χ0) is 22.8. The summed E-state index contributed by atoms with van der Waals surface area (Å²) in [5, 5.41) is 9.00. The van der Waals surface area contributed by atoms with E-state index < -0.39 is 35.6 Å². The number of hydrogen-bond donors (Lipinski definition) is 0. The van der Waals surface area contributed by atoms with E-state index in [1.807, 2.05) is 0 Å². The molecule has 166 valence electrons. The number of carbonyl (C=O) groups is 2. The van der Waals surface area contributed by atoms with E-state index in [0.29, 0.717) is 18.4 Å². The number of nitrogens with zero attached hydrogens (tertiary/aromatic N) is 3. The largest absolute Gasteiger partial charge is 0.356 e. The van der Waals surface area contributed by atoms with Crippen molar-refractivity contribution in [1.82, 2.24) is 9.80 Å². The molecule has 2 aromatic rings. The van der Waals surface area contributed by atoms with Gasteiger partial charge in [-0.3, -0.25) is 9.59 Å². The molecule has 0 aromatic heterocycles. The number of carbonyl (C=O) groups excluding carboxylic acids is 2. The van der Waals surface area contributed by atoms with E-state index in [0.717, 1.165) is 6.07 Å². The molecule has 0 N–H and O–H groups in total. The van der Waals surface area contributed by atoms with Crippen LogP contribution in [0.1, 0.15) is 46.8 Å². The van der Waals surface area contributed by atoms with Crippen molar-refractivity contribution in [3.63, 3.8) is 0 Å². The van der Waals surface area contributed by atoms with Crippen LogP contribution in [0, 0.1) is 28.8 Å². The molecular formula is C23H20F3N3O3. The molecule has 2 aliphatic rings. The van der Waals surface area contributed by atoms with Crippen LogP contribution in [-0.2, 0) is 9.53 Å². The molecule has 0 saturated carbocycles. The highest BCUT2D eigenvalue weighted by atomic mass is 19.1. The molecule has 9 heteroatoms. The summed E-state index contributed by atoms with van der Waals surface area (Å²) in [5.41, 5.74) is -0.132. The molecule has 2 unspecified atom stereocenters. The smallest absolute Gasteiger partial charge is 0.256 e. The number of amides is 2. The van der Waals surface area contributed by atoms with Gasteiger partial charge in [0.25, 0.3) is 5.91 Å². The lowest BCUT2D eigenvalue weighted by Crippen LogP contribution is -2.39. The molecule has 32 heavy (non-hydrogen) atoms. The van der Waals surface area contributed by atoms with E-state index in [4.69, 9.17) is 10.00 Å². The van der Waals surface area contributed by atoms with Crippen LogP contribution in [0.25, 0.3) is 0 Å². The molecule has 0 spiro atoms. The first-order valence-electron chi connectivity index (χ1n) is 10.3. The molecule has 0 radical (unpaired) electrons. The molecule has 2 aromatic carbocycles. The second-order valence-electron chi connectivity index (χ2n) is 7.74. The number of benzene rings is 2. The summed E-state index contributed by atoms with van der Waals surface area (Å²) in [5.74, 6) is -3.31. The zero-order valence-electron chi connectivity index (χ0n) is 17.1. The van der Waals surface area contributed by atoms with Gasteiger partial charge in [-0.2, -0.15) is 5.26 Å². The predicted molar refractivity (Wildman–Crippen MR) is 107 cm³/mol. The van der Waals surface area contributed by atoms with Crippen molar-refractivity contribution >= 4 is 11.8 Å². The van der Waals surface area contributed by atoms with E-state index in [1.54, 1.807) is 6.07 Å². The molecule has 0 aliphatic carbocycles. The van der Waals surface area contributed by atoms with Crippen LogP contribution < -0.4 is 0 Å². The van der Waals surface area contributed by atoms with Crippen LogP contribution in [0.15, 0.2) is 36.4 Å². The zero-order valence-corrected chi connectivity index (χ0v) is 17.1. The minimum Gasteiger partial charge on any atom is -0.356 e. The standard InChI is InChI=1S/C23H20F3N3O3/c24-16-10-15(11-17(25)12-16)19-4-5-21-29(19)20(30)6-7-28(8-9-32-21)23(31)18-3-1-2-14(13-27)22(18)26/h1-3,10-12,19,21H,4-9H2. The van der Waals surface area contributed by atoms with Crippen LogP contribution >= 0.6 is 0 Å². The van der Waals surface area contributed by atoms with E-state index in [1.165, 1.54) is 40.1 Å². The molecule has 2 fully saturated rings. The highest BCUT2D eigenvalue weighted by Gasteiger charge is 2.39. The normalized spacial score (nSPS) is 21.4. The number of rotatable bonds is 2. The van der Waals surface area contributed by atoms with Gasteiger partial charge in [0, 0.05) is 25.6 Å². The first kappa shape index (κ1) is 21.8. The maximum atomic E-state index is 14.5. The Kier molecular flexibility index (Phi) is 6.15. The van der Waals surface area contributed by atoms with Gasteiger partial charge in [-0.25, -0.2) is 13.2 Å². The summed E-state index contributed by atoms with van der Waals surface area (Å²) >= 11 is 0. The Bertz CT molecular complexity index is 1080. The van der Waals surface area contributed by atoms with Gasteiger partial charge in [-0.1, -0.05) is 6.07 Å². The average molecular weight is 443 g/mol. The van der Waals surface area contributed by atoms with Gasteiger partial charge in [-0.05, 0) is 42.7 Å². The SMILES string of the molecule is N#Cc1cccc(C(=O)N2CCOC3CCC(c4cc(F)cc(F)c4)N3C(=O)CC2)c1F. The molecular weight excluding hydrogens is 423 g/mol. The highest BCUT2D eigenvalue weighted by Crippen LogP contribution is 2.38. The van der Waals surface area contributed by atoms with Gasteiger partial charge in [0.1, 0.15) is 23.9 Å². The monoisotopic (exact) mass is 443 g/mol. The molecule has 4 rings (SSSR count). The third kappa shape index (κ3) is 4.18. The quantitative estimate of drug-likeness (QED) is 0.712. The minimum atomic E-state index is -0.902. The highest BCUT2D eigenvalue weighted by molar-refractivity contribution is 5.95. The van der Waals surface area contributed by atoms with Gasteiger partial charge >= 0.3 is 0 Å². The van der Waals surface area contributed by atoms with Crippen LogP contribution in [0.3, 0.4) is 0 Å². The fourth-order valence-electron chi connectivity index (χ4n) is 4.30. The summed E-state index contributed by atoms with van der Waals surface area (Å²) in [6.45, 7) is 0.251. The molecule has 2 saturated heterocycles. The third-order valence-electron chi connectivity index (χ3n) is 5.79. The van der Waals surface area contributed by atoms with Crippen LogP contribution in [0.5, 0.6) is 0 Å². The van der Waals surface area contributed by atoms with Crippen molar-refractivity contribution < 1.29 is 27.5 Å². The maximum Gasteiger partial charge on any atom is 0.256 e. The lowest BCUT2D eigenvalue weighted by molar-refractivity contribution is -0.144. The summed E-state index contributed by atoms with van der Waals surface area (Å²) < 4.78 is 47.8. The Morgan fingerprint density at radius 3 is 2.56 bits per heavy atom. The summed E-state index contributed by atoms with van der Waals surface area (Å²) in [7, 11) is 0. The molecule has 2 aliphatic heterocycles. The number of hydrogen-bond acceptors (Lipinski definition) is 4. The molecule has 2 atom stereocenters. The topological polar surface area (TPSA) is 73.6 Å². The second-order valence-corrected chi connectivity index (χ2v) is 7.74. The number of halogens is 3. The fraction of sp³-hybridized carbons (Fsp3) is 0.348. The van der Waals surface area contributed by atoms with Gasteiger partial charge in [-0.15, -0.1) is 0 Å².